The molecular formula is C12H25N. The molecule has 0 aromatic rings. The average Bonchev–Trinajstić information content (AvgIpc) is 1.92. The van der Waals surface area contributed by atoms with Crippen molar-refractivity contribution >= 4 is 5.71 Å². The van der Waals surface area contributed by atoms with Crippen molar-refractivity contribution in [1.82, 2.24) is 0 Å². The highest BCUT2D eigenvalue weighted by molar-refractivity contribution is 5.90. The molecule has 0 bridgehead atoms. The van der Waals surface area contributed by atoms with Gasteiger partial charge in [-0.3, -0.25) is 4.99 Å². The van der Waals surface area contributed by atoms with E-state index in [1.807, 2.05) is 0 Å². The summed E-state index contributed by atoms with van der Waals surface area (Å²) in [7, 11) is 0. The van der Waals surface area contributed by atoms with E-state index in [0.717, 1.165) is 0 Å². The van der Waals surface area contributed by atoms with Gasteiger partial charge in [-0.25, -0.2) is 0 Å². The summed E-state index contributed by atoms with van der Waals surface area (Å²) < 4.78 is 0. The van der Waals surface area contributed by atoms with E-state index >= 15 is 0 Å². The molecule has 0 aromatic carbocycles. The van der Waals surface area contributed by atoms with Crippen LogP contribution in [0, 0.1) is 10.8 Å². The van der Waals surface area contributed by atoms with Crippen LogP contribution in [0.2, 0.25) is 0 Å². The zero-order valence-corrected chi connectivity index (χ0v) is 9.45. The molecule has 1 aliphatic heterocycles. The molecule has 1 aliphatic rings. The maximum atomic E-state index is 4.74. The van der Waals surface area contributed by atoms with E-state index in [-0.39, 0.29) is 23.8 Å². The molecule has 1 nitrogen and oxygen atoms in total. The van der Waals surface area contributed by atoms with Gasteiger partial charge in [0.1, 0.15) is 0 Å². The number of nitrogens with zero attached hydrogens (tertiary/aromatic N) is 1. The van der Waals surface area contributed by atoms with Gasteiger partial charge < -0.3 is 0 Å². The van der Waals surface area contributed by atoms with Crippen molar-refractivity contribution in [2.45, 2.75) is 61.4 Å². The molecular weight excluding hydrogens is 158 g/mol. The standard InChI is InChI=1S/C11H21N.CH4/c1-8-9(2,3)10(4,5)11(6,7)12-8;/h1-7H3;1H4. The van der Waals surface area contributed by atoms with E-state index in [1.165, 1.54) is 5.71 Å². The van der Waals surface area contributed by atoms with Crippen LogP contribution in [0.1, 0.15) is 55.9 Å². The van der Waals surface area contributed by atoms with Gasteiger partial charge in [-0.05, 0) is 26.2 Å². The molecule has 1 heterocycles. The fraction of sp³-hybridized carbons (Fsp3) is 0.917. The van der Waals surface area contributed by atoms with Crippen molar-refractivity contribution in [3.63, 3.8) is 0 Å². The highest BCUT2D eigenvalue weighted by Crippen LogP contribution is 2.54. The predicted octanol–water partition coefficient (Wildman–Crippen LogP) is 3.93. The van der Waals surface area contributed by atoms with Crippen molar-refractivity contribution in [3.8, 4) is 0 Å². The Bertz CT molecular complexity index is 232. The maximum absolute atomic E-state index is 4.74. The van der Waals surface area contributed by atoms with Crippen LogP contribution in [0.25, 0.3) is 0 Å². The number of aliphatic imine (C=N–C) groups is 1. The molecule has 0 atom stereocenters. The van der Waals surface area contributed by atoms with Gasteiger partial charge in [0.15, 0.2) is 0 Å². The first-order valence-corrected chi connectivity index (χ1v) is 4.70. The number of rotatable bonds is 0. The number of hydrogen-bond donors (Lipinski definition) is 0. The van der Waals surface area contributed by atoms with Crippen molar-refractivity contribution in [1.29, 1.82) is 0 Å². The molecule has 0 saturated carbocycles. The molecule has 78 valence electrons. The molecule has 13 heavy (non-hydrogen) atoms. The molecule has 0 fully saturated rings. The van der Waals surface area contributed by atoms with E-state index in [1.54, 1.807) is 0 Å². The van der Waals surface area contributed by atoms with Crippen molar-refractivity contribution in [2.75, 3.05) is 0 Å². The summed E-state index contributed by atoms with van der Waals surface area (Å²) in [6.45, 7) is 15.8. The van der Waals surface area contributed by atoms with E-state index in [2.05, 4.69) is 48.5 Å². The molecule has 1 rings (SSSR count). The SMILES string of the molecule is C.CC1=NC(C)(C)C(C)(C)C1(C)C. The van der Waals surface area contributed by atoms with Gasteiger partial charge in [-0.15, -0.1) is 0 Å². The fourth-order valence-electron chi connectivity index (χ4n) is 1.92. The maximum Gasteiger partial charge on any atom is 0.0611 e. The zero-order chi connectivity index (χ0) is 9.78. The number of hydrogen-bond acceptors (Lipinski definition) is 1. The Morgan fingerprint density at radius 2 is 1.31 bits per heavy atom. The second kappa shape index (κ2) is 2.83. The molecule has 0 aliphatic carbocycles. The quantitative estimate of drug-likeness (QED) is 0.539. The minimum Gasteiger partial charge on any atom is -0.287 e. The molecule has 0 aromatic heterocycles. The van der Waals surface area contributed by atoms with Crippen LogP contribution < -0.4 is 0 Å². The van der Waals surface area contributed by atoms with Crippen molar-refractivity contribution < 1.29 is 0 Å². The summed E-state index contributed by atoms with van der Waals surface area (Å²) in [6.07, 6.45) is 0. The Morgan fingerprint density at radius 3 is 1.38 bits per heavy atom. The van der Waals surface area contributed by atoms with E-state index in [9.17, 15) is 0 Å². The lowest BCUT2D eigenvalue weighted by Gasteiger charge is -2.43. The summed E-state index contributed by atoms with van der Waals surface area (Å²) in [5.74, 6) is 0. The van der Waals surface area contributed by atoms with E-state index in [0.29, 0.717) is 0 Å². The summed E-state index contributed by atoms with van der Waals surface area (Å²) >= 11 is 0. The smallest absolute Gasteiger partial charge is 0.0611 e. The minimum atomic E-state index is 0. The van der Waals surface area contributed by atoms with Gasteiger partial charge in [0.25, 0.3) is 0 Å². The van der Waals surface area contributed by atoms with Gasteiger partial charge in [0.2, 0.25) is 0 Å². The first-order valence-electron chi connectivity index (χ1n) is 4.70. The van der Waals surface area contributed by atoms with Crippen molar-refractivity contribution in [3.05, 3.63) is 0 Å². The lowest BCUT2D eigenvalue weighted by atomic mass is 9.60. The summed E-state index contributed by atoms with van der Waals surface area (Å²) in [5.41, 5.74) is 1.86. The van der Waals surface area contributed by atoms with Crippen LogP contribution in [0.4, 0.5) is 0 Å². The highest BCUT2D eigenvalue weighted by atomic mass is 15.0. The van der Waals surface area contributed by atoms with Crippen molar-refractivity contribution in [2.24, 2.45) is 15.8 Å². The monoisotopic (exact) mass is 183 g/mol. The van der Waals surface area contributed by atoms with E-state index < -0.39 is 0 Å². The molecule has 0 unspecified atom stereocenters. The Balaban J connectivity index is 0.00000144. The second-order valence-corrected chi connectivity index (χ2v) is 5.51. The average molecular weight is 183 g/mol. The van der Waals surface area contributed by atoms with Gasteiger partial charge in [-0.2, -0.15) is 0 Å². The van der Waals surface area contributed by atoms with Gasteiger partial charge >= 0.3 is 0 Å². The van der Waals surface area contributed by atoms with E-state index in [4.69, 9.17) is 4.99 Å². The molecule has 0 spiro atoms. The summed E-state index contributed by atoms with van der Waals surface area (Å²) in [6, 6.07) is 0. The minimum absolute atomic E-state index is 0. The lowest BCUT2D eigenvalue weighted by Crippen LogP contribution is -2.44. The van der Waals surface area contributed by atoms with Gasteiger partial charge in [0.05, 0.1) is 5.54 Å². The largest absolute Gasteiger partial charge is 0.287 e. The third-order valence-electron chi connectivity index (χ3n) is 4.44. The first kappa shape index (κ1) is 12.7. The third kappa shape index (κ3) is 1.33. The normalized spacial score (nSPS) is 27.8. The molecule has 1 heteroatoms. The topological polar surface area (TPSA) is 12.4 Å². The molecule has 0 saturated heterocycles. The van der Waals surface area contributed by atoms with Gasteiger partial charge in [-0.1, -0.05) is 35.1 Å². The highest BCUT2D eigenvalue weighted by Gasteiger charge is 2.54. The zero-order valence-electron chi connectivity index (χ0n) is 9.45. The Kier molecular flexibility index (Phi) is 2.76. The first-order chi connectivity index (χ1) is 5.13. The molecule has 0 N–H and O–H groups in total. The van der Waals surface area contributed by atoms with Crippen LogP contribution in [-0.2, 0) is 0 Å². The van der Waals surface area contributed by atoms with Crippen LogP contribution in [0.3, 0.4) is 0 Å². The fourth-order valence-corrected chi connectivity index (χ4v) is 1.92. The van der Waals surface area contributed by atoms with Crippen LogP contribution >= 0.6 is 0 Å². The van der Waals surface area contributed by atoms with Crippen LogP contribution in [0.15, 0.2) is 4.99 Å². The molecule has 0 radical (unpaired) electrons. The van der Waals surface area contributed by atoms with Crippen LogP contribution in [-0.4, -0.2) is 11.3 Å². The van der Waals surface area contributed by atoms with Crippen LogP contribution in [0.5, 0.6) is 0 Å². The predicted molar refractivity (Wildman–Crippen MR) is 61.5 cm³/mol. The Morgan fingerprint density at radius 1 is 0.923 bits per heavy atom. The lowest BCUT2D eigenvalue weighted by molar-refractivity contribution is 0.118. The Hall–Kier alpha value is -0.330. The summed E-state index contributed by atoms with van der Waals surface area (Å²) in [4.78, 5) is 4.74. The summed E-state index contributed by atoms with van der Waals surface area (Å²) in [5, 5.41) is 0. The Labute approximate surface area is 83.6 Å². The van der Waals surface area contributed by atoms with Gasteiger partial charge in [0, 0.05) is 11.1 Å². The third-order valence-corrected chi connectivity index (χ3v) is 4.44. The molecule has 0 amide bonds. The second-order valence-electron chi connectivity index (χ2n) is 5.51.